The Kier molecular flexibility index (Phi) is 4.42. The lowest BCUT2D eigenvalue weighted by molar-refractivity contribution is -0.0261. The molecule has 130 valence electrons. The maximum Gasteiger partial charge on any atom is 0.410 e. The maximum absolute atomic E-state index is 12.5. The summed E-state index contributed by atoms with van der Waals surface area (Å²) < 4.78 is 10.9. The topological polar surface area (TPSA) is 59.0 Å². The Balaban J connectivity index is 1.52. The van der Waals surface area contributed by atoms with Crippen molar-refractivity contribution in [1.82, 2.24) is 4.90 Å². The third kappa shape index (κ3) is 2.90. The molecular weight excluding hydrogens is 318 g/mol. The van der Waals surface area contributed by atoms with Gasteiger partial charge in [-0.05, 0) is 22.3 Å². The first-order valence-electron chi connectivity index (χ1n) is 8.60. The summed E-state index contributed by atoms with van der Waals surface area (Å²) in [5, 5.41) is 9.42. The van der Waals surface area contributed by atoms with E-state index >= 15 is 0 Å². The second-order valence-electron chi connectivity index (χ2n) is 6.41. The molecule has 5 heteroatoms. The number of rotatable bonds is 3. The number of carbonyl (C=O) groups excluding carboxylic acids is 1. The highest BCUT2D eigenvalue weighted by atomic mass is 16.6. The Morgan fingerprint density at radius 2 is 1.76 bits per heavy atom. The zero-order valence-corrected chi connectivity index (χ0v) is 13.9. The first-order valence-corrected chi connectivity index (χ1v) is 8.60. The van der Waals surface area contributed by atoms with Crippen LogP contribution in [0, 0.1) is 0 Å². The highest BCUT2D eigenvalue weighted by Crippen LogP contribution is 2.44. The summed E-state index contributed by atoms with van der Waals surface area (Å²) in [6, 6.07) is 16.2. The summed E-state index contributed by atoms with van der Waals surface area (Å²) in [4.78, 5) is 14.1. The van der Waals surface area contributed by atoms with Crippen LogP contribution in [0.5, 0.6) is 0 Å². The SMILES string of the molecule is O=C(OCC1c2ccccc2-c2ccccc21)N1CCOC[C@@H]1CO. The van der Waals surface area contributed by atoms with E-state index in [0.717, 1.165) is 0 Å². The molecule has 2 aromatic carbocycles. The minimum Gasteiger partial charge on any atom is -0.448 e. The van der Waals surface area contributed by atoms with Crippen molar-refractivity contribution in [3.63, 3.8) is 0 Å². The molecular formula is C20H21NO4. The molecule has 1 aliphatic heterocycles. The molecule has 2 aliphatic rings. The molecule has 0 spiro atoms. The van der Waals surface area contributed by atoms with E-state index in [0.29, 0.717) is 26.4 Å². The number of fused-ring (bicyclic) bond motifs is 3. The Hall–Kier alpha value is -2.37. The lowest BCUT2D eigenvalue weighted by atomic mass is 9.98. The van der Waals surface area contributed by atoms with Crippen molar-refractivity contribution in [1.29, 1.82) is 0 Å². The maximum atomic E-state index is 12.5. The van der Waals surface area contributed by atoms with Crippen molar-refractivity contribution in [3.8, 4) is 11.1 Å². The fourth-order valence-corrected chi connectivity index (χ4v) is 3.72. The smallest absolute Gasteiger partial charge is 0.410 e. The second-order valence-corrected chi connectivity index (χ2v) is 6.41. The lowest BCUT2D eigenvalue weighted by Gasteiger charge is -2.33. The van der Waals surface area contributed by atoms with Crippen molar-refractivity contribution >= 4 is 6.09 Å². The van der Waals surface area contributed by atoms with Gasteiger partial charge in [-0.25, -0.2) is 4.79 Å². The van der Waals surface area contributed by atoms with E-state index < -0.39 is 0 Å². The molecule has 4 rings (SSSR count). The molecule has 0 aromatic heterocycles. The number of benzene rings is 2. The summed E-state index contributed by atoms with van der Waals surface area (Å²) in [7, 11) is 0. The van der Waals surface area contributed by atoms with Crippen LogP contribution in [0.25, 0.3) is 11.1 Å². The van der Waals surface area contributed by atoms with Crippen molar-refractivity contribution in [2.75, 3.05) is 33.0 Å². The zero-order valence-electron chi connectivity index (χ0n) is 13.9. The Morgan fingerprint density at radius 1 is 1.12 bits per heavy atom. The van der Waals surface area contributed by atoms with Crippen LogP contribution >= 0.6 is 0 Å². The van der Waals surface area contributed by atoms with Crippen LogP contribution in [0.15, 0.2) is 48.5 Å². The summed E-state index contributed by atoms with van der Waals surface area (Å²) in [5.41, 5.74) is 4.80. The van der Waals surface area contributed by atoms with E-state index in [1.165, 1.54) is 22.3 Å². The molecule has 1 saturated heterocycles. The van der Waals surface area contributed by atoms with Crippen LogP contribution in [0.4, 0.5) is 4.79 Å². The number of morpholine rings is 1. The first-order chi connectivity index (χ1) is 12.3. The van der Waals surface area contributed by atoms with Gasteiger partial charge in [0.15, 0.2) is 0 Å². The van der Waals surface area contributed by atoms with Gasteiger partial charge in [0.25, 0.3) is 0 Å². The van der Waals surface area contributed by atoms with Gasteiger partial charge in [0, 0.05) is 12.5 Å². The Bertz CT molecular complexity index is 730. The summed E-state index contributed by atoms with van der Waals surface area (Å²) in [5.74, 6) is 0.0463. The number of aliphatic hydroxyl groups is 1. The minimum absolute atomic E-state index is 0.0463. The van der Waals surface area contributed by atoms with Crippen LogP contribution in [0.2, 0.25) is 0 Å². The van der Waals surface area contributed by atoms with Gasteiger partial charge in [0.05, 0.1) is 25.9 Å². The molecule has 1 atom stereocenters. The quantitative estimate of drug-likeness (QED) is 0.934. The van der Waals surface area contributed by atoms with Gasteiger partial charge < -0.3 is 14.6 Å². The standard InChI is InChI=1S/C20H21NO4/c22-11-14-12-24-10-9-21(14)20(23)25-13-19-17-7-3-1-5-15(17)16-6-2-4-8-18(16)19/h1-8,14,19,22H,9-13H2/t14-/m0/s1. The average Bonchev–Trinajstić information content (AvgIpc) is 3.00. The van der Waals surface area contributed by atoms with E-state index in [-0.39, 0.29) is 24.7 Å². The Morgan fingerprint density at radius 3 is 2.40 bits per heavy atom. The van der Waals surface area contributed by atoms with Crippen molar-refractivity contribution in [3.05, 3.63) is 59.7 Å². The number of hydrogen-bond donors (Lipinski definition) is 1. The highest BCUT2D eigenvalue weighted by Gasteiger charge is 2.32. The molecule has 1 fully saturated rings. The molecule has 0 unspecified atom stereocenters. The molecule has 5 nitrogen and oxygen atoms in total. The molecule has 1 aliphatic carbocycles. The lowest BCUT2D eigenvalue weighted by Crippen LogP contribution is -2.50. The van der Waals surface area contributed by atoms with E-state index in [1.54, 1.807) is 4.90 Å². The summed E-state index contributed by atoms with van der Waals surface area (Å²) in [6.07, 6.45) is -0.385. The predicted molar refractivity (Wildman–Crippen MR) is 93.5 cm³/mol. The summed E-state index contributed by atoms with van der Waals surface area (Å²) in [6.45, 7) is 1.44. The van der Waals surface area contributed by atoms with Crippen molar-refractivity contribution < 1.29 is 19.4 Å². The van der Waals surface area contributed by atoms with Gasteiger partial charge in [0.1, 0.15) is 6.61 Å². The number of aliphatic hydroxyl groups excluding tert-OH is 1. The van der Waals surface area contributed by atoms with Crippen LogP contribution in [0.3, 0.4) is 0 Å². The monoisotopic (exact) mass is 339 g/mol. The van der Waals surface area contributed by atoms with Crippen molar-refractivity contribution in [2.24, 2.45) is 0 Å². The molecule has 0 radical (unpaired) electrons. The molecule has 1 heterocycles. The number of carbonyl (C=O) groups is 1. The Labute approximate surface area is 146 Å². The van der Waals surface area contributed by atoms with Gasteiger partial charge >= 0.3 is 6.09 Å². The van der Waals surface area contributed by atoms with Gasteiger partial charge in [0.2, 0.25) is 0 Å². The molecule has 0 bridgehead atoms. The molecule has 25 heavy (non-hydrogen) atoms. The van der Waals surface area contributed by atoms with Crippen LogP contribution in [0.1, 0.15) is 17.0 Å². The number of hydrogen-bond acceptors (Lipinski definition) is 4. The number of ether oxygens (including phenoxy) is 2. The van der Waals surface area contributed by atoms with Crippen LogP contribution in [-0.4, -0.2) is 55.1 Å². The van der Waals surface area contributed by atoms with E-state index in [4.69, 9.17) is 9.47 Å². The predicted octanol–water partition coefficient (Wildman–Crippen LogP) is 2.63. The van der Waals surface area contributed by atoms with E-state index in [9.17, 15) is 9.90 Å². The largest absolute Gasteiger partial charge is 0.448 e. The minimum atomic E-state index is -0.385. The third-order valence-electron chi connectivity index (χ3n) is 5.01. The first kappa shape index (κ1) is 16.1. The molecule has 2 aromatic rings. The van der Waals surface area contributed by atoms with Crippen LogP contribution in [-0.2, 0) is 9.47 Å². The number of amides is 1. The molecule has 0 saturated carbocycles. The molecule has 1 N–H and O–H groups in total. The normalized spacial score (nSPS) is 19.4. The molecule has 1 amide bonds. The van der Waals surface area contributed by atoms with Crippen LogP contribution < -0.4 is 0 Å². The summed E-state index contributed by atoms with van der Waals surface area (Å²) >= 11 is 0. The van der Waals surface area contributed by atoms with Gasteiger partial charge in [-0.3, -0.25) is 4.90 Å². The van der Waals surface area contributed by atoms with Crippen molar-refractivity contribution in [2.45, 2.75) is 12.0 Å². The number of nitrogens with zero attached hydrogens (tertiary/aromatic N) is 1. The van der Waals surface area contributed by atoms with Gasteiger partial charge in [-0.1, -0.05) is 48.5 Å². The third-order valence-corrected chi connectivity index (χ3v) is 5.01. The fourth-order valence-electron chi connectivity index (χ4n) is 3.72. The van der Waals surface area contributed by atoms with E-state index in [2.05, 4.69) is 24.3 Å². The second kappa shape index (κ2) is 6.86. The highest BCUT2D eigenvalue weighted by molar-refractivity contribution is 5.79. The van der Waals surface area contributed by atoms with E-state index in [1.807, 2.05) is 24.3 Å². The van der Waals surface area contributed by atoms with Gasteiger partial charge in [-0.15, -0.1) is 0 Å². The average molecular weight is 339 g/mol. The fraction of sp³-hybridized carbons (Fsp3) is 0.350. The zero-order chi connectivity index (χ0) is 17.2. The van der Waals surface area contributed by atoms with Gasteiger partial charge in [-0.2, -0.15) is 0 Å².